The van der Waals surface area contributed by atoms with E-state index in [9.17, 15) is 22.8 Å². The summed E-state index contributed by atoms with van der Waals surface area (Å²) in [7, 11) is 0. The van der Waals surface area contributed by atoms with E-state index in [0.29, 0.717) is 11.3 Å². The van der Waals surface area contributed by atoms with Crippen LogP contribution in [0.25, 0.3) is 0 Å². The molecule has 28 heavy (non-hydrogen) atoms. The number of benzene rings is 2. The second-order valence-corrected chi connectivity index (χ2v) is 6.30. The summed E-state index contributed by atoms with van der Waals surface area (Å²) in [5, 5.41) is 11.3. The molecule has 0 saturated carbocycles. The lowest BCUT2D eigenvalue weighted by molar-refractivity contribution is -0.139. The molecule has 0 spiro atoms. The van der Waals surface area contributed by atoms with Gasteiger partial charge in [-0.3, -0.25) is 4.79 Å². The molecule has 0 bridgehead atoms. The Balaban J connectivity index is 1.95. The number of aliphatic carboxylic acids is 1. The van der Waals surface area contributed by atoms with E-state index in [-0.39, 0.29) is 24.4 Å². The van der Waals surface area contributed by atoms with Gasteiger partial charge in [0.1, 0.15) is 5.75 Å². The Morgan fingerprint density at radius 1 is 1.14 bits per heavy atom. The molecule has 1 atom stereocenters. The molecule has 150 valence electrons. The molecule has 2 N–H and O–H groups in total. The quantitative estimate of drug-likeness (QED) is 0.709. The number of alkyl halides is 3. The highest BCUT2D eigenvalue weighted by atomic mass is 19.4. The summed E-state index contributed by atoms with van der Waals surface area (Å²) in [6.07, 6.45) is -4.57. The maximum Gasteiger partial charge on any atom is 0.416 e. The topological polar surface area (TPSA) is 75.6 Å². The van der Waals surface area contributed by atoms with Crippen LogP contribution in [0.15, 0.2) is 48.5 Å². The molecular weight excluding hydrogens is 375 g/mol. The van der Waals surface area contributed by atoms with Crippen molar-refractivity contribution in [2.24, 2.45) is 0 Å². The van der Waals surface area contributed by atoms with Gasteiger partial charge in [0.15, 0.2) is 6.61 Å². The monoisotopic (exact) mass is 395 g/mol. The molecular formula is C20H20F3NO4. The summed E-state index contributed by atoms with van der Waals surface area (Å²) < 4.78 is 44.4. The summed E-state index contributed by atoms with van der Waals surface area (Å²) in [4.78, 5) is 22.7. The molecule has 0 aliphatic carbocycles. The highest BCUT2D eigenvalue weighted by Gasteiger charge is 2.34. The number of hydrogen-bond acceptors (Lipinski definition) is 3. The van der Waals surface area contributed by atoms with Gasteiger partial charge in [-0.1, -0.05) is 37.3 Å². The lowest BCUT2D eigenvalue weighted by Gasteiger charge is -2.18. The summed E-state index contributed by atoms with van der Waals surface area (Å²) >= 11 is 0. The molecule has 2 rings (SSSR count). The molecule has 0 fully saturated rings. The molecule has 8 heteroatoms. The minimum absolute atomic E-state index is 0.0780. The van der Waals surface area contributed by atoms with Crippen molar-refractivity contribution < 1.29 is 32.6 Å². The van der Waals surface area contributed by atoms with Crippen LogP contribution < -0.4 is 10.1 Å². The molecule has 1 amide bonds. The van der Waals surface area contributed by atoms with Gasteiger partial charge in [-0.2, -0.15) is 13.2 Å². The number of nitrogens with one attached hydrogen (secondary N) is 1. The first-order chi connectivity index (χ1) is 13.2. The van der Waals surface area contributed by atoms with E-state index >= 15 is 0 Å². The average Bonchev–Trinajstić information content (AvgIpc) is 2.64. The molecule has 5 nitrogen and oxygen atoms in total. The minimum Gasteiger partial charge on any atom is -0.482 e. The van der Waals surface area contributed by atoms with E-state index in [4.69, 9.17) is 9.84 Å². The van der Waals surface area contributed by atoms with Crippen LogP contribution in [0.2, 0.25) is 0 Å². The zero-order valence-electron chi connectivity index (χ0n) is 15.1. The normalized spacial score (nSPS) is 12.3. The molecule has 0 aliphatic rings. The predicted octanol–water partition coefficient (Wildman–Crippen LogP) is 3.98. The van der Waals surface area contributed by atoms with Crippen LogP contribution in [0.1, 0.15) is 36.0 Å². The summed E-state index contributed by atoms with van der Waals surface area (Å²) in [5.41, 5.74) is 0.0207. The van der Waals surface area contributed by atoms with Gasteiger partial charge in [0.05, 0.1) is 5.56 Å². The fraction of sp³-hybridized carbons (Fsp3) is 0.300. The third-order valence-electron chi connectivity index (χ3n) is 4.04. The maximum atomic E-state index is 13.1. The Labute approximate surface area is 160 Å². The Morgan fingerprint density at radius 3 is 2.54 bits per heavy atom. The molecule has 2 aromatic carbocycles. The zero-order valence-corrected chi connectivity index (χ0v) is 15.1. The van der Waals surface area contributed by atoms with Crippen molar-refractivity contribution in [3.63, 3.8) is 0 Å². The molecule has 0 radical (unpaired) electrons. The SMILES string of the molecule is CC(CC(=O)NCc1cccc(OCC(=O)O)c1)c1ccccc1C(F)(F)F. The maximum absolute atomic E-state index is 13.1. The van der Waals surface area contributed by atoms with Gasteiger partial charge in [-0.25, -0.2) is 4.79 Å². The summed E-state index contributed by atoms with van der Waals surface area (Å²) in [6, 6.07) is 11.8. The van der Waals surface area contributed by atoms with Crippen LogP contribution in [0.4, 0.5) is 13.2 Å². The molecule has 0 aliphatic heterocycles. The van der Waals surface area contributed by atoms with Gasteiger partial charge in [-0.15, -0.1) is 0 Å². The highest BCUT2D eigenvalue weighted by molar-refractivity contribution is 5.77. The first kappa shape index (κ1) is 21.3. The lowest BCUT2D eigenvalue weighted by Crippen LogP contribution is -2.24. The Kier molecular flexibility index (Phi) is 7.03. The number of ether oxygens (including phenoxy) is 1. The van der Waals surface area contributed by atoms with Crippen LogP contribution in [-0.4, -0.2) is 23.6 Å². The minimum atomic E-state index is -4.47. The summed E-state index contributed by atoms with van der Waals surface area (Å²) in [6.45, 7) is 1.24. The largest absolute Gasteiger partial charge is 0.482 e. The first-order valence-corrected chi connectivity index (χ1v) is 8.53. The van der Waals surface area contributed by atoms with Crippen LogP contribution in [0.5, 0.6) is 5.75 Å². The van der Waals surface area contributed by atoms with E-state index in [2.05, 4.69) is 5.32 Å². The zero-order chi connectivity index (χ0) is 20.7. The molecule has 0 saturated heterocycles. The van der Waals surface area contributed by atoms with E-state index in [1.165, 1.54) is 18.2 Å². The van der Waals surface area contributed by atoms with Crippen molar-refractivity contribution >= 4 is 11.9 Å². The predicted molar refractivity (Wildman–Crippen MR) is 95.9 cm³/mol. The van der Waals surface area contributed by atoms with E-state index in [0.717, 1.165) is 6.07 Å². The third-order valence-corrected chi connectivity index (χ3v) is 4.04. The van der Waals surface area contributed by atoms with Gasteiger partial charge in [0, 0.05) is 13.0 Å². The van der Waals surface area contributed by atoms with Crippen molar-refractivity contribution in [2.75, 3.05) is 6.61 Å². The second kappa shape index (κ2) is 9.25. The standard InChI is InChI=1S/C20H20F3NO4/c1-13(16-7-2-3-8-17(16)20(21,22)23)9-18(25)24-11-14-5-4-6-15(10-14)28-12-19(26)27/h2-8,10,13H,9,11-12H2,1H3,(H,24,25)(H,26,27). The van der Waals surface area contributed by atoms with Crippen molar-refractivity contribution in [3.05, 3.63) is 65.2 Å². The number of carbonyl (C=O) groups excluding carboxylic acids is 1. The molecule has 1 unspecified atom stereocenters. The number of carboxylic acid groups (broad SMARTS) is 1. The van der Waals surface area contributed by atoms with Gasteiger partial charge >= 0.3 is 12.1 Å². The van der Waals surface area contributed by atoms with Crippen molar-refractivity contribution in [2.45, 2.75) is 32.0 Å². The molecule has 0 aromatic heterocycles. The number of halogens is 3. The van der Waals surface area contributed by atoms with Crippen molar-refractivity contribution in [3.8, 4) is 5.75 Å². The second-order valence-electron chi connectivity index (χ2n) is 6.30. The van der Waals surface area contributed by atoms with Crippen LogP contribution in [-0.2, 0) is 22.3 Å². The van der Waals surface area contributed by atoms with Crippen molar-refractivity contribution in [1.82, 2.24) is 5.32 Å². The van der Waals surface area contributed by atoms with E-state index in [1.54, 1.807) is 31.2 Å². The fourth-order valence-electron chi connectivity index (χ4n) is 2.74. The third kappa shape index (κ3) is 6.29. The van der Waals surface area contributed by atoms with Crippen LogP contribution >= 0.6 is 0 Å². The number of carbonyl (C=O) groups is 2. The molecule has 2 aromatic rings. The Bertz CT molecular complexity index is 836. The highest BCUT2D eigenvalue weighted by Crippen LogP contribution is 2.35. The van der Waals surface area contributed by atoms with Crippen LogP contribution in [0, 0.1) is 0 Å². The first-order valence-electron chi connectivity index (χ1n) is 8.53. The lowest BCUT2D eigenvalue weighted by atomic mass is 9.92. The number of amides is 1. The number of hydrogen-bond donors (Lipinski definition) is 2. The van der Waals surface area contributed by atoms with Gasteiger partial charge in [-0.05, 0) is 35.2 Å². The Hall–Kier alpha value is -3.03. The average molecular weight is 395 g/mol. The molecule has 0 heterocycles. The van der Waals surface area contributed by atoms with Gasteiger partial charge < -0.3 is 15.2 Å². The van der Waals surface area contributed by atoms with Crippen molar-refractivity contribution in [1.29, 1.82) is 0 Å². The fourth-order valence-corrected chi connectivity index (χ4v) is 2.74. The van der Waals surface area contributed by atoms with E-state index < -0.39 is 30.2 Å². The van der Waals surface area contributed by atoms with E-state index in [1.807, 2.05) is 0 Å². The number of rotatable bonds is 8. The summed E-state index contributed by atoms with van der Waals surface area (Å²) in [5.74, 6) is -1.75. The Morgan fingerprint density at radius 2 is 1.86 bits per heavy atom. The van der Waals surface area contributed by atoms with Gasteiger partial charge in [0.25, 0.3) is 0 Å². The smallest absolute Gasteiger partial charge is 0.416 e. The number of carboxylic acids is 1. The van der Waals surface area contributed by atoms with Crippen LogP contribution in [0.3, 0.4) is 0 Å². The van der Waals surface area contributed by atoms with Gasteiger partial charge in [0.2, 0.25) is 5.91 Å².